The highest BCUT2D eigenvalue weighted by Gasteiger charge is 2.30. The van der Waals surface area contributed by atoms with E-state index >= 15 is 0 Å². The molecule has 0 fully saturated rings. The summed E-state index contributed by atoms with van der Waals surface area (Å²) in [5.74, 6) is -0.689. The lowest BCUT2D eigenvalue weighted by molar-refractivity contribution is -0.161. The lowest BCUT2D eigenvalue weighted by Crippen LogP contribution is -2.30. The molecule has 2 unspecified atom stereocenters. The predicted octanol–water partition coefficient (Wildman–Crippen LogP) is 18.0. The second-order valence-electron chi connectivity index (χ2n) is 24.5. The number of carbonyl (C=O) groups is 4. The molecule has 0 aromatic carbocycles. The minimum Gasteiger partial charge on any atom is -0.462 e. The second kappa shape index (κ2) is 57.5. The first-order chi connectivity index (χ1) is 40.4. The molecule has 0 aliphatic carbocycles. The Bertz CT molecular complexity index is 1650. The van der Waals surface area contributed by atoms with Crippen LogP contribution in [0.25, 0.3) is 0 Å². The van der Waals surface area contributed by atoms with Crippen LogP contribution in [0.2, 0.25) is 0 Å². The molecule has 0 spiro atoms. The molecular weight excluding hydrogens is 1110 g/mol. The van der Waals surface area contributed by atoms with Crippen molar-refractivity contribution in [1.29, 1.82) is 0 Å². The summed E-state index contributed by atoms with van der Waals surface area (Å²) < 4.78 is 68.0. The van der Waals surface area contributed by atoms with Crippen LogP contribution >= 0.6 is 15.6 Å². The molecule has 0 rings (SSSR count). The molecule has 0 aromatic rings. The summed E-state index contributed by atoms with van der Waals surface area (Å²) in [6.07, 6.45) is 40.3. The van der Waals surface area contributed by atoms with Crippen LogP contribution in [0.5, 0.6) is 0 Å². The topological polar surface area (TPSA) is 237 Å². The molecule has 5 atom stereocenters. The van der Waals surface area contributed by atoms with Gasteiger partial charge in [-0.05, 0) is 37.5 Å². The summed E-state index contributed by atoms with van der Waals surface area (Å²) in [7, 11) is -9.89. The molecule has 3 N–H and O–H groups in total. The number of hydrogen-bond donors (Lipinski definition) is 3. The first-order valence-electron chi connectivity index (χ1n) is 34.0. The van der Waals surface area contributed by atoms with Gasteiger partial charge in [-0.2, -0.15) is 0 Å². The number of phosphoric acid groups is 2. The Kier molecular flexibility index (Phi) is 56.2. The van der Waals surface area contributed by atoms with Crippen LogP contribution in [-0.4, -0.2) is 96.7 Å². The molecule has 17 nitrogen and oxygen atoms in total. The Morgan fingerprint density at radius 1 is 0.321 bits per heavy atom. The number of carbonyl (C=O) groups excluding carboxylic acids is 4. The van der Waals surface area contributed by atoms with Crippen LogP contribution in [0, 0.1) is 11.8 Å². The molecule has 0 heterocycles. The Morgan fingerprint density at radius 2 is 0.548 bits per heavy atom. The fourth-order valence-corrected chi connectivity index (χ4v) is 11.3. The molecule has 84 heavy (non-hydrogen) atoms. The normalized spacial score (nSPS) is 14.3. The molecule has 0 aliphatic rings. The lowest BCUT2D eigenvalue weighted by atomic mass is 10.0. The highest BCUT2D eigenvalue weighted by molar-refractivity contribution is 7.47. The third kappa shape index (κ3) is 59.0. The number of phosphoric ester groups is 2. The van der Waals surface area contributed by atoms with Gasteiger partial charge in [-0.15, -0.1) is 0 Å². The van der Waals surface area contributed by atoms with Crippen LogP contribution in [0.3, 0.4) is 0 Å². The molecule has 498 valence electrons. The average Bonchev–Trinajstić information content (AvgIpc) is 3.66. The lowest BCUT2D eigenvalue weighted by Gasteiger charge is -2.21. The number of rotatable bonds is 64. The molecule has 0 bridgehead atoms. The minimum absolute atomic E-state index is 0.104. The van der Waals surface area contributed by atoms with Gasteiger partial charge in [0.05, 0.1) is 26.4 Å². The van der Waals surface area contributed by atoms with Gasteiger partial charge < -0.3 is 33.8 Å². The van der Waals surface area contributed by atoms with Gasteiger partial charge in [-0.1, -0.05) is 273 Å². The Balaban J connectivity index is 5.24. The first kappa shape index (κ1) is 82.1. The van der Waals surface area contributed by atoms with Gasteiger partial charge in [-0.25, -0.2) is 9.13 Å². The van der Waals surface area contributed by atoms with Gasteiger partial charge in [0.15, 0.2) is 12.2 Å². The maximum atomic E-state index is 13.0. The Hall–Kier alpha value is -1.94. The predicted molar refractivity (Wildman–Crippen MR) is 335 cm³/mol. The maximum absolute atomic E-state index is 13.0. The van der Waals surface area contributed by atoms with Crippen molar-refractivity contribution in [2.75, 3.05) is 39.6 Å². The quantitative estimate of drug-likeness (QED) is 0.0222. The molecule has 0 amide bonds. The summed E-state index contributed by atoms with van der Waals surface area (Å²) in [6, 6.07) is 0. The van der Waals surface area contributed by atoms with E-state index in [0.717, 1.165) is 102 Å². The first-order valence-corrected chi connectivity index (χ1v) is 37.0. The van der Waals surface area contributed by atoms with Gasteiger partial charge in [0.25, 0.3) is 0 Å². The van der Waals surface area contributed by atoms with Crippen LogP contribution in [0.1, 0.15) is 324 Å². The molecule has 19 heteroatoms. The highest BCUT2D eigenvalue weighted by atomic mass is 31.2. The van der Waals surface area contributed by atoms with Gasteiger partial charge in [-0.3, -0.25) is 37.3 Å². The zero-order chi connectivity index (χ0) is 62.2. The summed E-state index contributed by atoms with van der Waals surface area (Å²) in [5, 5.41) is 10.5. The van der Waals surface area contributed by atoms with Gasteiger partial charge >= 0.3 is 39.5 Å². The zero-order valence-corrected chi connectivity index (χ0v) is 56.0. The Morgan fingerprint density at radius 3 is 0.810 bits per heavy atom. The van der Waals surface area contributed by atoms with Crippen molar-refractivity contribution in [3.63, 3.8) is 0 Å². The number of esters is 4. The van der Waals surface area contributed by atoms with Crippen LogP contribution in [0.4, 0.5) is 0 Å². The standard InChI is InChI=1S/C65H126O17P2/c1-7-9-11-13-15-17-18-19-20-22-31-37-43-49-64(69)81-60(54-76-63(68)48-42-36-30-25-23-27-33-39-45-57(3)4)55-79-83(71,72)77-51-59(66)52-78-84(73,74)80-56-61(53-75-62(67)47-41-35-29-21-16-14-12-10-8-2)82-65(70)50-44-38-32-26-24-28-34-40-46-58(5)6/h57-61,66H,7-56H2,1-6H3,(H,71,72)(H,73,74)/t59-,60-,61-/m1/s1. The van der Waals surface area contributed by atoms with Crippen molar-refractivity contribution in [2.45, 2.75) is 342 Å². The molecule has 0 saturated heterocycles. The van der Waals surface area contributed by atoms with Crippen molar-refractivity contribution in [3.05, 3.63) is 0 Å². The van der Waals surface area contributed by atoms with Crippen LogP contribution in [-0.2, 0) is 65.4 Å². The van der Waals surface area contributed by atoms with Gasteiger partial charge in [0, 0.05) is 25.7 Å². The van der Waals surface area contributed by atoms with Crippen molar-refractivity contribution >= 4 is 39.5 Å². The smallest absolute Gasteiger partial charge is 0.462 e. The van der Waals surface area contributed by atoms with Crippen molar-refractivity contribution in [3.8, 4) is 0 Å². The molecule has 0 aromatic heterocycles. The number of unbranched alkanes of at least 4 members (excludes halogenated alkanes) is 34. The monoisotopic (exact) mass is 1240 g/mol. The number of hydrogen-bond acceptors (Lipinski definition) is 15. The van der Waals surface area contributed by atoms with Gasteiger partial charge in [0.1, 0.15) is 19.3 Å². The zero-order valence-electron chi connectivity index (χ0n) is 54.2. The third-order valence-corrected chi connectivity index (χ3v) is 16.9. The van der Waals surface area contributed by atoms with E-state index in [2.05, 4.69) is 41.5 Å². The molecule has 0 saturated carbocycles. The van der Waals surface area contributed by atoms with Gasteiger partial charge in [0.2, 0.25) is 0 Å². The van der Waals surface area contributed by atoms with E-state index in [1.54, 1.807) is 0 Å². The van der Waals surface area contributed by atoms with E-state index in [1.807, 2.05) is 0 Å². The van der Waals surface area contributed by atoms with Crippen molar-refractivity contribution in [2.24, 2.45) is 11.8 Å². The summed E-state index contributed by atoms with van der Waals surface area (Å²) in [4.78, 5) is 72.2. The fourth-order valence-electron chi connectivity index (χ4n) is 9.71. The minimum atomic E-state index is -4.94. The molecule has 0 radical (unpaired) electrons. The Labute approximate surface area is 511 Å². The number of aliphatic hydroxyl groups excluding tert-OH is 1. The number of aliphatic hydroxyl groups is 1. The van der Waals surface area contributed by atoms with E-state index in [1.165, 1.54) is 141 Å². The van der Waals surface area contributed by atoms with Crippen molar-refractivity contribution in [1.82, 2.24) is 0 Å². The molecular formula is C65H126O17P2. The van der Waals surface area contributed by atoms with E-state index in [-0.39, 0.29) is 25.7 Å². The summed E-state index contributed by atoms with van der Waals surface area (Å²) >= 11 is 0. The van der Waals surface area contributed by atoms with Crippen molar-refractivity contribution < 1.29 is 80.2 Å². The van der Waals surface area contributed by atoms with E-state index in [0.29, 0.717) is 25.7 Å². The van der Waals surface area contributed by atoms with E-state index in [9.17, 15) is 43.2 Å². The summed E-state index contributed by atoms with van der Waals surface area (Å²) in [5.41, 5.74) is 0. The molecule has 0 aliphatic heterocycles. The highest BCUT2D eigenvalue weighted by Crippen LogP contribution is 2.45. The maximum Gasteiger partial charge on any atom is 0.472 e. The summed E-state index contributed by atoms with van der Waals surface area (Å²) in [6.45, 7) is 9.42. The second-order valence-corrected chi connectivity index (χ2v) is 27.4. The fraction of sp³-hybridized carbons (Fsp3) is 0.938. The van der Waals surface area contributed by atoms with E-state index in [4.69, 9.17) is 37.0 Å². The average molecular weight is 1240 g/mol. The van der Waals surface area contributed by atoms with E-state index < -0.39 is 97.5 Å². The third-order valence-electron chi connectivity index (χ3n) is 15.0. The largest absolute Gasteiger partial charge is 0.472 e. The van der Waals surface area contributed by atoms with Crippen LogP contribution in [0.15, 0.2) is 0 Å². The van der Waals surface area contributed by atoms with Crippen LogP contribution < -0.4 is 0 Å². The SMILES string of the molecule is CCCCCCCCCCCCCCCC(=O)O[C@H](COC(=O)CCCCCCCCCCC(C)C)COP(=O)(O)OC[C@@H](O)COP(=O)(O)OC[C@@H](COC(=O)CCCCCCCCCCC)OC(=O)CCCCCCCCCCC(C)C. The number of ether oxygens (including phenoxy) is 4.